The molecule has 110 valence electrons. The van der Waals surface area contributed by atoms with Crippen LogP contribution in [0.5, 0.6) is 0 Å². The van der Waals surface area contributed by atoms with Gasteiger partial charge in [0.15, 0.2) is 6.29 Å². The standard InChI is InChI=1S/C13H23NO5/c1-13(2,3)19-12(16)14-7-10(6-9(14)8-15)18-11-4-5-17-11/h9-11,15H,4-8H2,1-3H3/t9-,10?,11?/m1/s1. The second-order valence-corrected chi connectivity index (χ2v) is 6.05. The van der Waals surface area contributed by atoms with E-state index < -0.39 is 11.7 Å². The molecular weight excluding hydrogens is 250 g/mol. The number of nitrogens with zero attached hydrogens (tertiary/aromatic N) is 1. The van der Waals surface area contributed by atoms with Crippen LogP contribution in [0.15, 0.2) is 0 Å². The Balaban J connectivity index is 1.89. The lowest BCUT2D eigenvalue weighted by atomic mass is 10.2. The van der Waals surface area contributed by atoms with Crippen molar-refractivity contribution in [1.82, 2.24) is 4.90 Å². The van der Waals surface area contributed by atoms with Crippen LogP contribution in [0.4, 0.5) is 4.79 Å². The summed E-state index contributed by atoms with van der Waals surface area (Å²) in [5.41, 5.74) is -0.535. The van der Waals surface area contributed by atoms with Crippen LogP contribution in [0.25, 0.3) is 0 Å². The van der Waals surface area contributed by atoms with E-state index in [0.29, 0.717) is 13.0 Å². The predicted molar refractivity (Wildman–Crippen MR) is 67.7 cm³/mol. The monoisotopic (exact) mass is 273 g/mol. The Hall–Kier alpha value is -0.850. The highest BCUT2D eigenvalue weighted by atomic mass is 16.7. The Labute approximate surface area is 113 Å². The molecule has 2 unspecified atom stereocenters. The van der Waals surface area contributed by atoms with E-state index >= 15 is 0 Å². The second-order valence-electron chi connectivity index (χ2n) is 6.05. The average Bonchev–Trinajstić information content (AvgIpc) is 2.64. The zero-order chi connectivity index (χ0) is 14.0. The number of carbonyl (C=O) groups excluding carboxylic acids is 1. The minimum absolute atomic E-state index is 0.0787. The fourth-order valence-electron chi connectivity index (χ4n) is 2.23. The summed E-state index contributed by atoms with van der Waals surface area (Å²) in [4.78, 5) is 13.6. The Bertz CT molecular complexity index is 323. The molecule has 0 bridgehead atoms. The molecular formula is C13H23NO5. The van der Waals surface area contributed by atoms with Crippen LogP contribution < -0.4 is 0 Å². The highest BCUT2D eigenvalue weighted by Crippen LogP contribution is 2.26. The second kappa shape index (κ2) is 5.64. The average molecular weight is 273 g/mol. The first-order valence-electron chi connectivity index (χ1n) is 6.76. The zero-order valence-electron chi connectivity index (χ0n) is 11.8. The van der Waals surface area contributed by atoms with Crippen molar-refractivity contribution >= 4 is 6.09 Å². The molecule has 6 nitrogen and oxygen atoms in total. The summed E-state index contributed by atoms with van der Waals surface area (Å²) in [6, 6.07) is -0.236. The topological polar surface area (TPSA) is 68.2 Å². The van der Waals surface area contributed by atoms with Crippen LogP contribution in [-0.2, 0) is 14.2 Å². The molecule has 0 aromatic carbocycles. The largest absolute Gasteiger partial charge is 0.444 e. The van der Waals surface area contributed by atoms with E-state index in [4.69, 9.17) is 14.2 Å². The van der Waals surface area contributed by atoms with E-state index in [1.807, 2.05) is 20.8 Å². The van der Waals surface area contributed by atoms with Gasteiger partial charge in [-0.15, -0.1) is 0 Å². The summed E-state index contributed by atoms with van der Waals surface area (Å²) in [6.07, 6.45) is 0.882. The quantitative estimate of drug-likeness (QED) is 0.834. The summed E-state index contributed by atoms with van der Waals surface area (Å²) >= 11 is 0. The normalized spacial score (nSPS) is 31.2. The van der Waals surface area contributed by atoms with E-state index in [2.05, 4.69) is 0 Å². The molecule has 2 aliphatic rings. The van der Waals surface area contributed by atoms with Crippen LogP contribution in [0, 0.1) is 0 Å². The van der Waals surface area contributed by atoms with Crippen molar-refractivity contribution in [3.63, 3.8) is 0 Å². The summed E-state index contributed by atoms with van der Waals surface area (Å²) in [6.45, 7) is 6.57. The van der Waals surface area contributed by atoms with Crippen molar-refractivity contribution in [2.75, 3.05) is 19.8 Å². The molecule has 1 amide bonds. The maximum atomic E-state index is 12.1. The molecule has 3 atom stereocenters. The molecule has 0 spiro atoms. The molecule has 1 N–H and O–H groups in total. The van der Waals surface area contributed by atoms with Gasteiger partial charge in [0.25, 0.3) is 0 Å². The van der Waals surface area contributed by atoms with Crippen LogP contribution in [-0.4, -0.2) is 59.9 Å². The third-order valence-corrected chi connectivity index (χ3v) is 3.22. The Morgan fingerprint density at radius 2 is 2.16 bits per heavy atom. The number of aliphatic hydroxyl groups is 1. The first kappa shape index (κ1) is 14.6. The van der Waals surface area contributed by atoms with Gasteiger partial charge in [-0.05, 0) is 27.2 Å². The van der Waals surface area contributed by atoms with Crippen molar-refractivity contribution in [1.29, 1.82) is 0 Å². The van der Waals surface area contributed by atoms with Gasteiger partial charge in [-0.25, -0.2) is 4.79 Å². The smallest absolute Gasteiger partial charge is 0.410 e. The molecule has 0 aliphatic carbocycles. The highest BCUT2D eigenvalue weighted by Gasteiger charge is 2.39. The summed E-state index contributed by atoms with van der Waals surface area (Å²) in [5.74, 6) is 0. The van der Waals surface area contributed by atoms with E-state index in [1.165, 1.54) is 0 Å². The summed E-state index contributed by atoms with van der Waals surface area (Å²) in [7, 11) is 0. The molecule has 0 saturated carbocycles. The van der Waals surface area contributed by atoms with Crippen LogP contribution in [0.1, 0.15) is 33.6 Å². The summed E-state index contributed by atoms with van der Waals surface area (Å²) in [5, 5.41) is 9.37. The molecule has 6 heteroatoms. The minimum Gasteiger partial charge on any atom is -0.444 e. The third kappa shape index (κ3) is 3.81. The Morgan fingerprint density at radius 3 is 2.63 bits per heavy atom. The van der Waals surface area contributed by atoms with Gasteiger partial charge in [0.1, 0.15) is 5.60 Å². The number of hydrogen-bond donors (Lipinski definition) is 1. The van der Waals surface area contributed by atoms with Gasteiger partial charge >= 0.3 is 6.09 Å². The van der Waals surface area contributed by atoms with E-state index in [0.717, 1.165) is 13.0 Å². The molecule has 2 saturated heterocycles. The van der Waals surface area contributed by atoms with Gasteiger partial charge in [0, 0.05) is 6.42 Å². The van der Waals surface area contributed by atoms with Crippen molar-refractivity contribution in [3.8, 4) is 0 Å². The zero-order valence-corrected chi connectivity index (χ0v) is 11.8. The van der Waals surface area contributed by atoms with Gasteiger partial charge in [0.05, 0.1) is 31.9 Å². The van der Waals surface area contributed by atoms with Gasteiger partial charge in [-0.1, -0.05) is 0 Å². The molecule has 0 radical (unpaired) electrons. The van der Waals surface area contributed by atoms with Gasteiger partial charge in [0.2, 0.25) is 0 Å². The van der Waals surface area contributed by atoms with Gasteiger partial charge in [-0.2, -0.15) is 0 Å². The number of aliphatic hydroxyl groups excluding tert-OH is 1. The van der Waals surface area contributed by atoms with Crippen molar-refractivity contribution in [2.45, 2.75) is 57.6 Å². The Morgan fingerprint density at radius 1 is 1.47 bits per heavy atom. The molecule has 0 aromatic heterocycles. The number of carbonyl (C=O) groups is 1. The Kier molecular flexibility index (Phi) is 4.32. The van der Waals surface area contributed by atoms with E-state index in [-0.39, 0.29) is 25.0 Å². The van der Waals surface area contributed by atoms with Crippen molar-refractivity contribution in [3.05, 3.63) is 0 Å². The summed E-state index contributed by atoms with van der Waals surface area (Å²) < 4.78 is 16.3. The number of amides is 1. The molecule has 2 aliphatic heterocycles. The third-order valence-electron chi connectivity index (χ3n) is 3.22. The number of likely N-dealkylation sites (tertiary alicyclic amines) is 1. The predicted octanol–water partition coefficient (Wildman–Crippen LogP) is 1.12. The lowest BCUT2D eigenvalue weighted by Gasteiger charge is -2.29. The molecule has 2 fully saturated rings. The van der Waals surface area contributed by atoms with Gasteiger partial charge < -0.3 is 24.2 Å². The number of rotatable bonds is 3. The molecule has 2 heterocycles. The van der Waals surface area contributed by atoms with Crippen LogP contribution in [0.3, 0.4) is 0 Å². The molecule has 19 heavy (non-hydrogen) atoms. The van der Waals surface area contributed by atoms with Crippen LogP contribution in [0.2, 0.25) is 0 Å². The first-order chi connectivity index (χ1) is 8.89. The number of hydrogen-bond acceptors (Lipinski definition) is 5. The highest BCUT2D eigenvalue weighted by molar-refractivity contribution is 5.69. The minimum atomic E-state index is -0.535. The fraction of sp³-hybridized carbons (Fsp3) is 0.923. The molecule has 0 aromatic rings. The van der Waals surface area contributed by atoms with Crippen molar-refractivity contribution in [2.24, 2.45) is 0 Å². The lowest BCUT2D eigenvalue weighted by Crippen LogP contribution is -2.42. The van der Waals surface area contributed by atoms with E-state index in [9.17, 15) is 9.90 Å². The maximum absolute atomic E-state index is 12.1. The molecule has 2 rings (SSSR count). The lowest BCUT2D eigenvalue weighted by molar-refractivity contribution is -0.233. The fourth-order valence-corrected chi connectivity index (χ4v) is 2.23. The first-order valence-corrected chi connectivity index (χ1v) is 6.76. The van der Waals surface area contributed by atoms with Crippen molar-refractivity contribution < 1.29 is 24.1 Å². The SMILES string of the molecule is CC(C)(C)OC(=O)N1CC(OC2CCO2)C[C@@H]1CO. The van der Waals surface area contributed by atoms with Gasteiger partial charge in [-0.3, -0.25) is 0 Å². The maximum Gasteiger partial charge on any atom is 0.410 e. The van der Waals surface area contributed by atoms with E-state index in [1.54, 1.807) is 4.90 Å². The van der Waals surface area contributed by atoms with Crippen LogP contribution >= 0.6 is 0 Å². The number of ether oxygens (including phenoxy) is 3.